The molecule has 2 fully saturated rings. The monoisotopic (exact) mass is 445 g/mol. The lowest BCUT2D eigenvalue weighted by atomic mass is 9.95. The average molecular weight is 446 g/mol. The summed E-state index contributed by atoms with van der Waals surface area (Å²) < 4.78 is 24.4. The number of ether oxygens (including phenoxy) is 2. The second-order valence-corrected chi connectivity index (χ2v) is 7.89. The van der Waals surface area contributed by atoms with E-state index in [0.29, 0.717) is 17.9 Å². The van der Waals surface area contributed by atoms with Crippen LogP contribution in [-0.4, -0.2) is 48.1 Å². The maximum absolute atomic E-state index is 13.5. The van der Waals surface area contributed by atoms with Gasteiger partial charge in [-0.25, -0.2) is 4.39 Å². The molecule has 2 heterocycles. The SMILES string of the molecule is COc1ccc(Cl)c(/C(O)=C2\C(=O)C(=O)N(CC3CCCO3)C2c2ccc(F)cc2)c1. The Kier molecular flexibility index (Phi) is 5.98. The molecule has 8 heteroatoms. The molecule has 0 aliphatic carbocycles. The number of rotatable bonds is 5. The summed E-state index contributed by atoms with van der Waals surface area (Å²) in [6.45, 7) is 0.782. The Morgan fingerprint density at radius 3 is 2.65 bits per heavy atom. The zero-order valence-corrected chi connectivity index (χ0v) is 17.6. The van der Waals surface area contributed by atoms with Gasteiger partial charge in [0, 0.05) is 18.7 Å². The van der Waals surface area contributed by atoms with Gasteiger partial charge in [0.05, 0.1) is 29.9 Å². The molecule has 0 radical (unpaired) electrons. The van der Waals surface area contributed by atoms with Crippen molar-refractivity contribution >= 4 is 29.1 Å². The Morgan fingerprint density at radius 2 is 2.00 bits per heavy atom. The Bertz CT molecular complexity index is 1050. The zero-order valence-electron chi connectivity index (χ0n) is 16.8. The fourth-order valence-electron chi connectivity index (χ4n) is 4.03. The highest BCUT2D eigenvalue weighted by Crippen LogP contribution is 2.41. The van der Waals surface area contributed by atoms with Crippen LogP contribution in [0.25, 0.3) is 5.76 Å². The van der Waals surface area contributed by atoms with Crippen molar-refractivity contribution < 1.29 is 28.6 Å². The van der Waals surface area contributed by atoms with E-state index >= 15 is 0 Å². The van der Waals surface area contributed by atoms with Crippen molar-refractivity contribution in [2.24, 2.45) is 0 Å². The van der Waals surface area contributed by atoms with E-state index in [9.17, 15) is 19.1 Å². The van der Waals surface area contributed by atoms with E-state index in [0.717, 1.165) is 12.8 Å². The molecule has 0 aromatic heterocycles. The topological polar surface area (TPSA) is 76.1 Å². The van der Waals surface area contributed by atoms with Gasteiger partial charge < -0.3 is 19.5 Å². The molecule has 2 unspecified atom stereocenters. The lowest BCUT2D eigenvalue weighted by Gasteiger charge is -2.27. The van der Waals surface area contributed by atoms with Crippen molar-refractivity contribution in [3.63, 3.8) is 0 Å². The Morgan fingerprint density at radius 1 is 1.26 bits per heavy atom. The van der Waals surface area contributed by atoms with Crippen LogP contribution >= 0.6 is 11.6 Å². The van der Waals surface area contributed by atoms with Gasteiger partial charge in [-0.05, 0) is 48.7 Å². The fourth-order valence-corrected chi connectivity index (χ4v) is 4.23. The average Bonchev–Trinajstić information content (AvgIpc) is 3.37. The highest BCUT2D eigenvalue weighted by atomic mass is 35.5. The molecule has 2 saturated heterocycles. The van der Waals surface area contributed by atoms with E-state index in [1.807, 2.05) is 0 Å². The van der Waals surface area contributed by atoms with Gasteiger partial charge in [0.15, 0.2) is 0 Å². The van der Waals surface area contributed by atoms with Gasteiger partial charge in [0.1, 0.15) is 17.3 Å². The second-order valence-electron chi connectivity index (χ2n) is 7.48. The molecule has 0 bridgehead atoms. The molecule has 0 saturated carbocycles. The van der Waals surface area contributed by atoms with Crippen LogP contribution in [0.2, 0.25) is 5.02 Å². The van der Waals surface area contributed by atoms with Gasteiger partial charge in [-0.2, -0.15) is 0 Å². The fraction of sp³-hybridized carbons (Fsp3) is 0.304. The first kappa shape index (κ1) is 21.3. The molecule has 4 rings (SSSR count). The molecule has 1 N–H and O–H groups in total. The molecule has 2 aromatic rings. The third-order valence-electron chi connectivity index (χ3n) is 5.58. The molecule has 31 heavy (non-hydrogen) atoms. The molecule has 2 aromatic carbocycles. The summed E-state index contributed by atoms with van der Waals surface area (Å²) in [6, 6.07) is 9.24. The molecule has 1 amide bonds. The summed E-state index contributed by atoms with van der Waals surface area (Å²) in [6.07, 6.45) is 1.43. The second kappa shape index (κ2) is 8.69. The van der Waals surface area contributed by atoms with Crippen LogP contribution < -0.4 is 4.74 Å². The van der Waals surface area contributed by atoms with E-state index in [1.165, 1.54) is 48.4 Å². The minimum Gasteiger partial charge on any atom is -0.507 e. The van der Waals surface area contributed by atoms with E-state index in [2.05, 4.69) is 0 Å². The van der Waals surface area contributed by atoms with Crippen molar-refractivity contribution in [3.05, 3.63) is 70.0 Å². The summed E-state index contributed by atoms with van der Waals surface area (Å²) in [4.78, 5) is 27.3. The Balaban J connectivity index is 1.85. The van der Waals surface area contributed by atoms with Crippen molar-refractivity contribution in [2.75, 3.05) is 20.3 Å². The van der Waals surface area contributed by atoms with Crippen molar-refractivity contribution in [3.8, 4) is 5.75 Å². The normalized spacial score (nSPS) is 22.9. The summed E-state index contributed by atoms with van der Waals surface area (Å²) in [7, 11) is 1.46. The van der Waals surface area contributed by atoms with Crippen LogP contribution in [0.1, 0.15) is 30.0 Å². The quantitative estimate of drug-likeness (QED) is 0.426. The number of nitrogens with zero attached hydrogens (tertiary/aromatic N) is 1. The minimum atomic E-state index is -0.896. The van der Waals surface area contributed by atoms with Crippen LogP contribution in [0.3, 0.4) is 0 Å². The maximum Gasteiger partial charge on any atom is 0.295 e. The number of hydrogen-bond donors (Lipinski definition) is 1. The minimum absolute atomic E-state index is 0.107. The van der Waals surface area contributed by atoms with Crippen molar-refractivity contribution in [1.82, 2.24) is 4.90 Å². The first-order valence-electron chi connectivity index (χ1n) is 9.90. The van der Waals surface area contributed by atoms with Gasteiger partial charge in [-0.3, -0.25) is 9.59 Å². The maximum atomic E-state index is 13.5. The number of methoxy groups -OCH3 is 1. The van der Waals surface area contributed by atoms with Gasteiger partial charge in [0.2, 0.25) is 0 Å². The van der Waals surface area contributed by atoms with E-state index in [-0.39, 0.29) is 28.8 Å². The van der Waals surface area contributed by atoms with Crippen molar-refractivity contribution in [1.29, 1.82) is 0 Å². The number of carbonyl (C=O) groups excluding carboxylic acids is 2. The molecule has 162 valence electrons. The standard InChI is InChI=1S/C23H21ClFNO5/c1-30-15-8-9-18(24)17(11-15)21(27)19-20(13-4-6-14(25)7-5-13)26(23(29)22(19)28)12-16-3-2-10-31-16/h4-9,11,16,20,27H,2-3,10,12H2,1H3/b21-19+. The number of halogens is 2. The third kappa shape index (κ3) is 4.03. The summed E-state index contributed by atoms with van der Waals surface area (Å²) in [5.41, 5.74) is 0.562. The summed E-state index contributed by atoms with van der Waals surface area (Å²) >= 11 is 6.27. The predicted molar refractivity (Wildman–Crippen MR) is 112 cm³/mol. The first-order valence-corrected chi connectivity index (χ1v) is 10.3. The molecule has 2 aliphatic heterocycles. The molecule has 2 atom stereocenters. The van der Waals surface area contributed by atoms with Gasteiger partial charge in [-0.15, -0.1) is 0 Å². The number of aliphatic hydroxyl groups excluding tert-OH is 1. The lowest BCUT2D eigenvalue weighted by molar-refractivity contribution is -0.140. The number of Topliss-reactive ketones (excluding diaryl/α,β-unsaturated/α-hetero) is 1. The molecule has 2 aliphatic rings. The predicted octanol–water partition coefficient (Wildman–Crippen LogP) is 4.09. The van der Waals surface area contributed by atoms with E-state index in [1.54, 1.807) is 6.07 Å². The van der Waals surface area contributed by atoms with Crippen LogP contribution in [0.15, 0.2) is 48.0 Å². The van der Waals surface area contributed by atoms with Crippen LogP contribution in [0, 0.1) is 5.82 Å². The van der Waals surface area contributed by atoms with Gasteiger partial charge in [0.25, 0.3) is 11.7 Å². The van der Waals surface area contributed by atoms with E-state index < -0.39 is 29.3 Å². The van der Waals surface area contributed by atoms with Crippen LogP contribution in [0.5, 0.6) is 5.75 Å². The first-order chi connectivity index (χ1) is 14.9. The smallest absolute Gasteiger partial charge is 0.295 e. The number of benzene rings is 2. The number of amides is 1. The number of ketones is 1. The third-order valence-corrected chi connectivity index (χ3v) is 5.91. The van der Waals surface area contributed by atoms with Gasteiger partial charge in [-0.1, -0.05) is 23.7 Å². The number of likely N-dealkylation sites (tertiary alicyclic amines) is 1. The highest BCUT2D eigenvalue weighted by molar-refractivity contribution is 6.47. The molecule has 0 spiro atoms. The number of aliphatic hydroxyl groups is 1. The lowest BCUT2D eigenvalue weighted by Crippen LogP contribution is -2.36. The van der Waals surface area contributed by atoms with Crippen LogP contribution in [0.4, 0.5) is 4.39 Å². The summed E-state index contributed by atoms with van der Waals surface area (Å²) in [5, 5.41) is 11.3. The zero-order chi connectivity index (χ0) is 22.1. The van der Waals surface area contributed by atoms with E-state index in [4.69, 9.17) is 21.1 Å². The Hall–Kier alpha value is -2.90. The number of carbonyl (C=O) groups is 2. The summed E-state index contributed by atoms with van der Waals surface area (Å²) in [5.74, 6) is -2.01. The highest BCUT2D eigenvalue weighted by Gasteiger charge is 2.47. The van der Waals surface area contributed by atoms with Crippen molar-refractivity contribution in [2.45, 2.75) is 25.0 Å². The molecular weight excluding hydrogens is 425 g/mol. The van der Waals surface area contributed by atoms with Crippen LogP contribution in [-0.2, 0) is 14.3 Å². The largest absolute Gasteiger partial charge is 0.507 e. The van der Waals surface area contributed by atoms with Gasteiger partial charge >= 0.3 is 0 Å². The molecule has 6 nitrogen and oxygen atoms in total. The number of hydrogen-bond acceptors (Lipinski definition) is 5. The Labute approximate surface area is 183 Å². The molecular formula is C23H21ClFNO5.